The average molecular weight is 390 g/mol. The van der Waals surface area contributed by atoms with Gasteiger partial charge in [0.05, 0.1) is 39.1 Å². The van der Waals surface area contributed by atoms with Gasteiger partial charge < -0.3 is 45.3 Å². The van der Waals surface area contributed by atoms with Gasteiger partial charge in [-0.15, -0.1) is 0 Å². The molecule has 0 aliphatic heterocycles. The minimum atomic E-state index is -1.39. The fourth-order valence-corrected chi connectivity index (χ4v) is 2.22. The number of hydrogen-bond donors (Lipinski definition) is 6. The maximum atomic E-state index is 9.66. The van der Waals surface area contributed by atoms with Crippen LogP contribution in [0, 0.1) is 0 Å². The highest BCUT2D eigenvalue weighted by Crippen LogP contribution is 2.23. The second-order valence-electron chi connectivity index (χ2n) is 6.36. The van der Waals surface area contributed by atoms with E-state index in [0.717, 1.165) is 0 Å². The van der Waals surface area contributed by atoms with E-state index in [1.807, 2.05) is 0 Å². The molecule has 6 N–H and O–H groups in total. The number of hydrogen-bond acceptors (Lipinski definition) is 12. The molecule has 1 aromatic rings. The van der Waals surface area contributed by atoms with Gasteiger partial charge in [0.15, 0.2) is 0 Å². The van der Waals surface area contributed by atoms with Gasteiger partial charge in [0.2, 0.25) is 17.8 Å². The zero-order valence-corrected chi connectivity index (χ0v) is 15.9. The van der Waals surface area contributed by atoms with Crippen LogP contribution in [0.15, 0.2) is 0 Å². The van der Waals surface area contributed by atoms with Crippen molar-refractivity contribution in [3.63, 3.8) is 0 Å². The van der Waals surface area contributed by atoms with E-state index in [9.17, 15) is 20.4 Å². The molecule has 0 aliphatic rings. The molecule has 0 saturated carbocycles. The lowest BCUT2D eigenvalue weighted by atomic mass is 10.0. The Morgan fingerprint density at radius 1 is 0.815 bits per heavy atom. The van der Waals surface area contributed by atoms with Crippen molar-refractivity contribution in [3.05, 3.63) is 0 Å². The molecule has 0 spiro atoms. The van der Waals surface area contributed by atoms with Crippen molar-refractivity contribution in [1.29, 1.82) is 0 Å². The van der Waals surface area contributed by atoms with Crippen molar-refractivity contribution in [1.82, 2.24) is 15.0 Å². The first-order valence-electron chi connectivity index (χ1n) is 8.43. The Labute approximate surface area is 158 Å². The Hall–Kier alpha value is -1.83. The molecule has 0 saturated heterocycles. The zero-order chi connectivity index (χ0) is 20.6. The quantitative estimate of drug-likeness (QED) is 0.206. The van der Waals surface area contributed by atoms with E-state index in [-0.39, 0.29) is 37.5 Å². The topological polar surface area (TPSA) is 170 Å². The SMILES string of the molecule is CN(CCO)c1nc(N(C)CC(O)CO)nc(N(C)C(CO)(CO)CO)n1. The van der Waals surface area contributed by atoms with Crippen LogP contribution in [-0.4, -0.2) is 125 Å². The van der Waals surface area contributed by atoms with Crippen LogP contribution in [0.1, 0.15) is 0 Å². The summed E-state index contributed by atoms with van der Waals surface area (Å²) in [5.74, 6) is 0.452. The summed E-state index contributed by atoms with van der Waals surface area (Å²) >= 11 is 0. The minimum Gasteiger partial charge on any atom is -0.395 e. The molecule has 1 aromatic heterocycles. The molecule has 0 aliphatic carbocycles. The van der Waals surface area contributed by atoms with Crippen LogP contribution in [0.2, 0.25) is 0 Å². The van der Waals surface area contributed by atoms with Gasteiger partial charge in [-0.3, -0.25) is 0 Å². The Balaban J connectivity index is 3.37. The zero-order valence-electron chi connectivity index (χ0n) is 15.9. The fraction of sp³-hybridized carbons (Fsp3) is 0.800. The lowest BCUT2D eigenvalue weighted by molar-refractivity contribution is 0.0653. The third-order valence-electron chi connectivity index (χ3n) is 4.31. The number of aliphatic hydroxyl groups is 6. The largest absolute Gasteiger partial charge is 0.395 e. The van der Waals surface area contributed by atoms with E-state index < -0.39 is 38.1 Å². The van der Waals surface area contributed by atoms with Gasteiger partial charge in [0, 0.05) is 34.2 Å². The summed E-state index contributed by atoms with van der Waals surface area (Å²) in [4.78, 5) is 17.3. The van der Waals surface area contributed by atoms with E-state index in [1.165, 1.54) is 16.8 Å². The Morgan fingerprint density at radius 3 is 1.74 bits per heavy atom. The Bertz CT molecular complexity index is 567. The Kier molecular flexibility index (Phi) is 9.02. The normalized spacial score (nSPS) is 12.8. The van der Waals surface area contributed by atoms with Crippen LogP contribution in [0.25, 0.3) is 0 Å². The molecule has 1 heterocycles. The fourth-order valence-electron chi connectivity index (χ4n) is 2.22. The van der Waals surface area contributed by atoms with E-state index >= 15 is 0 Å². The van der Waals surface area contributed by atoms with E-state index in [1.54, 1.807) is 19.0 Å². The molecule has 0 amide bonds. The summed E-state index contributed by atoms with van der Waals surface area (Å²) in [6.45, 7) is -1.88. The molecule has 1 unspecified atom stereocenters. The number of aromatic nitrogens is 3. The van der Waals surface area contributed by atoms with Gasteiger partial charge in [-0.2, -0.15) is 15.0 Å². The van der Waals surface area contributed by atoms with Crippen molar-refractivity contribution in [3.8, 4) is 0 Å². The van der Waals surface area contributed by atoms with Crippen LogP contribution in [0.3, 0.4) is 0 Å². The summed E-state index contributed by atoms with van der Waals surface area (Å²) < 4.78 is 0. The number of anilines is 3. The molecule has 0 aromatic carbocycles. The summed E-state index contributed by atoms with van der Waals surface area (Å²) in [6.07, 6.45) is -1.00. The molecule has 12 nitrogen and oxygen atoms in total. The lowest BCUT2D eigenvalue weighted by Gasteiger charge is -2.38. The van der Waals surface area contributed by atoms with E-state index in [2.05, 4.69) is 15.0 Å². The molecular weight excluding hydrogens is 360 g/mol. The van der Waals surface area contributed by atoms with Gasteiger partial charge in [0.25, 0.3) is 0 Å². The lowest BCUT2D eigenvalue weighted by Crippen LogP contribution is -2.56. The van der Waals surface area contributed by atoms with Gasteiger partial charge in [-0.1, -0.05) is 0 Å². The van der Waals surface area contributed by atoms with E-state index in [0.29, 0.717) is 0 Å². The van der Waals surface area contributed by atoms with Crippen LogP contribution in [-0.2, 0) is 0 Å². The highest BCUT2D eigenvalue weighted by atomic mass is 16.3. The van der Waals surface area contributed by atoms with Gasteiger partial charge >= 0.3 is 0 Å². The summed E-state index contributed by atoms with van der Waals surface area (Å²) in [5, 5.41) is 56.8. The first-order chi connectivity index (χ1) is 12.8. The van der Waals surface area contributed by atoms with Crippen LogP contribution in [0.4, 0.5) is 17.8 Å². The van der Waals surface area contributed by atoms with Gasteiger partial charge in [0.1, 0.15) is 5.54 Å². The summed E-state index contributed by atoms with van der Waals surface area (Å²) in [7, 11) is 4.80. The summed E-state index contributed by atoms with van der Waals surface area (Å²) in [6, 6.07) is 0. The molecule has 0 fully saturated rings. The molecule has 12 heteroatoms. The second kappa shape index (κ2) is 10.5. The standard InChI is InChI=1S/C15H30N6O6/c1-19(4-5-22)12-16-13(20(2)6-11(27)7-23)18-14(17-12)21(3)15(8-24,9-25)10-26/h11,22-27H,4-10H2,1-3H3. The third-order valence-corrected chi connectivity index (χ3v) is 4.31. The van der Waals surface area contributed by atoms with Crippen LogP contribution in [0.5, 0.6) is 0 Å². The first-order valence-corrected chi connectivity index (χ1v) is 8.43. The van der Waals surface area contributed by atoms with Crippen LogP contribution >= 0.6 is 0 Å². The predicted octanol–water partition coefficient (Wildman–Crippen LogP) is -3.76. The molecule has 1 atom stereocenters. The van der Waals surface area contributed by atoms with Gasteiger partial charge in [-0.25, -0.2) is 0 Å². The molecule has 1 rings (SSSR count). The third kappa shape index (κ3) is 5.57. The maximum absolute atomic E-state index is 9.66. The van der Waals surface area contributed by atoms with Crippen molar-refractivity contribution < 1.29 is 30.6 Å². The molecular formula is C15H30N6O6. The number of nitrogens with zero attached hydrogens (tertiary/aromatic N) is 6. The minimum absolute atomic E-state index is 0.0535. The molecule has 0 radical (unpaired) electrons. The van der Waals surface area contributed by atoms with Crippen molar-refractivity contribution >= 4 is 17.8 Å². The average Bonchev–Trinajstić information content (AvgIpc) is 2.69. The maximum Gasteiger partial charge on any atom is 0.232 e. The molecule has 156 valence electrons. The van der Waals surface area contributed by atoms with Crippen LogP contribution < -0.4 is 14.7 Å². The number of aliphatic hydroxyl groups excluding tert-OH is 6. The highest BCUT2D eigenvalue weighted by Gasteiger charge is 2.35. The molecule has 0 bridgehead atoms. The predicted molar refractivity (Wildman–Crippen MR) is 98.9 cm³/mol. The van der Waals surface area contributed by atoms with Gasteiger partial charge in [-0.05, 0) is 0 Å². The Morgan fingerprint density at radius 2 is 1.30 bits per heavy atom. The van der Waals surface area contributed by atoms with Crippen molar-refractivity contribution in [2.75, 3.05) is 82.0 Å². The number of rotatable bonds is 12. The van der Waals surface area contributed by atoms with Crippen molar-refractivity contribution in [2.24, 2.45) is 0 Å². The summed E-state index contributed by atoms with van der Waals surface area (Å²) in [5.41, 5.74) is -1.39. The monoisotopic (exact) mass is 390 g/mol. The number of likely N-dealkylation sites (N-methyl/N-ethyl adjacent to an activating group) is 3. The van der Waals surface area contributed by atoms with Crippen molar-refractivity contribution in [2.45, 2.75) is 11.6 Å². The first kappa shape index (κ1) is 23.2. The van der Waals surface area contributed by atoms with E-state index in [4.69, 9.17) is 10.2 Å². The smallest absolute Gasteiger partial charge is 0.232 e. The highest BCUT2D eigenvalue weighted by molar-refractivity contribution is 5.47. The second-order valence-corrected chi connectivity index (χ2v) is 6.36. The molecule has 27 heavy (non-hydrogen) atoms.